The van der Waals surface area contributed by atoms with Gasteiger partial charge in [-0.15, -0.1) is 0 Å². The molecule has 2 aliphatic heterocycles. The van der Waals surface area contributed by atoms with E-state index in [0.29, 0.717) is 16.6 Å². The van der Waals surface area contributed by atoms with Gasteiger partial charge in [-0.25, -0.2) is 0 Å². The van der Waals surface area contributed by atoms with Crippen LogP contribution in [-0.4, -0.2) is 46.9 Å². The average Bonchev–Trinajstić information content (AvgIpc) is 3.20. The monoisotopic (exact) mass is 456 g/mol. The molecule has 5 rings (SSSR count). The van der Waals surface area contributed by atoms with Crippen LogP contribution in [-0.2, 0) is 6.54 Å². The van der Waals surface area contributed by atoms with Crippen LogP contribution in [0.25, 0.3) is 10.9 Å². The molecule has 2 aromatic carbocycles. The van der Waals surface area contributed by atoms with Gasteiger partial charge >= 0.3 is 0 Å². The number of benzene rings is 2. The second-order valence-corrected chi connectivity index (χ2v) is 9.89. The largest absolute Gasteiger partial charge is 0.371 e. The van der Waals surface area contributed by atoms with Crippen LogP contribution in [0.5, 0.6) is 0 Å². The van der Waals surface area contributed by atoms with Crippen molar-refractivity contribution < 1.29 is 0 Å². The van der Waals surface area contributed by atoms with Crippen molar-refractivity contribution in [3.63, 3.8) is 0 Å². The predicted molar refractivity (Wildman–Crippen MR) is 131 cm³/mol. The third-order valence-electron chi connectivity index (χ3n) is 7.03. The highest BCUT2D eigenvalue weighted by Gasteiger charge is 2.26. The summed E-state index contributed by atoms with van der Waals surface area (Å²) in [5.74, 6) is 0. The molecule has 3 heterocycles. The standard InChI is InChI=1S/C25H30Cl2N4/c1-18-13-22(30-11-7-21(8-12-30)29-9-3-2-4-10-29)15-25-23(18)16-28-31(25)17-19-5-6-20(26)14-24(19)27/h5-6,13-16,21H,2-4,7-12,17H2,1H3. The number of fused-ring (bicyclic) bond motifs is 1. The predicted octanol–water partition coefficient (Wildman–Crippen LogP) is 6.15. The lowest BCUT2D eigenvalue weighted by Crippen LogP contribution is -2.46. The van der Waals surface area contributed by atoms with E-state index in [0.717, 1.165) is 24.7 Å². The summed E-state index contributed by atoms with van der Waals surface area (Å²) in [6.45, 7) is 7.67. The van der Waals surface area contributed by atoms with Crippen molar-refractivity contribution >= 4 is 39.8 Å². The number of rotatable bonds is 4. The smallest absolute Gasteiger partial charge is 0.0709 e. The van der Waals surface area contributed by atoms with Crippen molar-refractivity contribution in [2.75, 3.05) is 31.1 Å². The summed E-state index contributed by atoms with van der Waals surface area (Å²) in [5.41, 5.74) is 4.78. The number of nitrogens with zero attached hydrogens (tertiary/aromatic N) is 4. The van der Waals surface area contributed by atoms with Gasteiger partial charge in [0.2, 0.25) is 0 Å². The van der Waals surface area contributed by atoms with E-state index in [4.69, 9.17) is 23.2 Å². The molecule has 0 atom stereocenters. The maximum atomic E-state index is 6.42. The molecule has 3 aromatic rings. The van der Waals surface area contributed by atoms with E-state index in [9.17, 15) is 0 Å². The summed E-state index contributed by atoms with van der Waals surface area (Å²) >= 11 is 12.5. The zero-order chi connectivity index (χ0) is 21.4. The van der Waals surface area contributed by atoms with Crippen molar-refractivity contribution in [2.45, 2.75) is 51.6 Å². The van der Waals surface area contributed by atoms with Crippen molar-refractivity contribution in [1.29, 1.82) is 0 Å². The summed E-state index contributed by atoms with van der Waals surface area (Å²) in [4.78, 5) is 5.29. The Kier molecular flexibility index (Phi) is 6.14. The van der Waals surface area contributed by atoms with Crippen molar-refractivity contribution in [3.8, 4) is 0 Å². The molecule has 0 amide bonds. The molecule has 6 heteroatoms. The van der Waals surface area contributed by atoms with Crippen LogP contribution in [0.15, 0.2) is 36.5 Å². The van der Waals surface area contributed by atoms with Gasteiger partial charge in [-0.1, -0.05) is 35.7 Å². The first kappa shape index (κ1) is 21.1. The van der Waals surface area contributed by atoms with Gasteiger partial charge in [-0.05, 0) is 81.1 Å². The molecule has 164 valence electrons. The Bertz CT molecular complexity index is 1060. The fourth-order valence-corrected chi connectivity index (χ4v) is 5.69. The minimum Gasteiger partial charge on any atom is -0.371 e. The molecule has 2 saturated heterocycles. The molecule has 0 bridgehead atoms. The fourth-order valence-electron chi connectivity index (χ4n) is 5.22. The Morgan fingerprint density at radius 3 is 2.48 bits per heavy atom. The number of piperidine rings is 2. The van der Waals surface area contributed by atoms with E-state index in [1.807, 2.05) is 18.3 Å². The van der Waals surface area contributed by atoms with E-state index in [2.05, 4.69) is 38.6 Å². The first-order valence-electron chi connectivity index (χ1n) is 11.5. The molecule has 0 spiro atoms. The highest BCUT2D eigenvalue weighted by molar-refractivity contribution is 6.35. The molecule has 0 N–H and O–H groups in total. The topological polar surface area (TPSA) is 24.3 Å². The van der Waals surface area contributed by atoms with Gasteiger partial charge in [0.15, 0.2) is 0 Å². The second kappa shape index (κ2) is 9.01. The normalized spacial score (nSPS) is 18.7. The zero-order valence-electron chi connectivity index (χ0n) is 18.2. The minimum atomic E-state index is 0.638. The van der Waals surface area contributed by atoms with E-state index in [-0.39, 0.29) is 0 Å². The third-order valence-corrected chi connectivity index (χ3v) is 7.61. The first-order chi connectivity index (χ1) is 15.1. The molecular weight excluding hydrogens is 427 g/mol. The van der Waals surface area contributed by atoms with E-state index in [1.54, 1.807) is 6.07 Å². The molecule has 2 fully saturated rings. The summed E-state index contributed by atoms with van der Waals surface area (Å²) in [7, 11) is 0. The molecular formula is C25H30Cl2N4. The molecule has 0 unspecified atom stereocenters. The molecule has 2 aliphatic rings. The molecule has 31 heavy (non-hydrogen) atoms. The molecule has 1 aromatic heterocycles. The van der Waals surface area contributed by atoms with Crippen LogP contribution in [0.1, 0.15) is 43.2 Å². The summed E-state index contributed by atoms with van der Waals surface area (Å²) < 4.78 is 2.06. The Morgan fingerprint density at radius 2 is 1.74 bits per heavy atom. The lowest BCUT2D eigenvalue weighted by molar-refractivity contribution is 0.141. The van der Waals surface area contributed by atoms with Crippen LogP contribution in [0, 0.1) is 6.92 Å². The summed E-state index contributed by atoms with van der Waals surface area (Å²) in [6, 6.07) is 11.1. The van der Waals surface area contributed by atoms with E-state index < -0.39 is 0 Å². The Labute approximate surface area is 194 Å². The molecule has 0 saturated carbocycles. The third kappa shape index (κ3) is 4.44. The maximum absolute atomic E-state index is 6.42. The quantitative estimate of drug-likeness (QED) is 0.469. The summed E-state index contributed by atoms with van der Waals surface area (Å²) in [6.07, 6.45) is 8.65. The number of anilines is 1. The number of hydrogen-bond donors (Lipinski definition) is 0. The van der Waals surface area contributed by atoms with Gasteiger partial charge < -0.3 is 9.80 Å². The van der Waals surface area contributed by atoms with E-state index >= 15 is 0 Å². The lowest BCUT2D eigenvalue weighted by atomic mass is 9.99. The van der Waals surface area contributed by atoms with Crippen molar-refractivity contribution in [3.05, 3.63) is 57.7 Å². The van der Waals surface area contributed by atoms with Crippen molar-refractivity contribution in [1.82, 2.24) is 14.7 Å². The number of likely N-dealkylation sites (tertiary alicyclic amines) is 1. The average molecular weight is 457 g/mol. The van der Waals surface area contributed by atoms with Crippen LogP contribution >= 0.6 is 23.2 Å². The lowest BCUT2D eigenvalue weighted by Gasteiger charge is -2.41. The van der Waals surface area contributed by atoms with Gasteiger partial charge in [0.05, 0.1) is 18.3 Å². The minimum absolute atomic E-state index is 0.638. The summed E-state index contributed by atoms with van der Waals surface area (Å²) in [5, 5.41) is 7.22. The van der Waals surface area contributed by atoms with Gasteiger partial charge in [0.25, 0.3) is 0 Å². The first-order valence-corrected chi connectivity index (χ1v) is 12.2. The molecule has 0 radical (unpaired) electrons. The Morgan fingerprint density at radius 1 is 0.968 bits per heavy atom. The fraction of sp³-hybridized carbons (Fsp3) is 0.480. The number of aromatic nitrogens is 2. The van der Waals surface area contributed by atoms with Crippen LogP contribution in [0.4, 0.5) is 5.69 Å². The van der Waals surface area contributed by atoms with E-state index in [1.165, 1.54) is 67.3 Å². The Balaban J connectivity index is 1.36. The highest BCUT2D eigenvalue weighted by Crippen LogP contribution is 2.30. The number of halogens is 2. The maximum Gasteiger partial charge on any atom is 0.0709 e. The van der Waals surface area contributed by atoms with Gasteiger partial charge in [-0.2, -0.15) is 5.10 Å². The van der Waals surface area contributed by atoms with Crippen LogP contribution < -0.4 is 4.90 Å². The Hall–Kier alpha value is -1.75. The van der Waals surface area contributed by atoms with Crippen LogP contribution in [0.3, 0.4) is 0 Å². The van der Waals surface area contributed by atoms with Gasteiger partial charge in [0.1, 0.15) is 0 Å². The van der Waals surface area contributed by atoms with Gasteiger partial charge in [-0.3, -0.25) is 4.68 Å². The van der Waals surface area contributed by atoms with Gasteiger partial charge in [0, 0.05) is 40.3 Å². The zero-order valence-corrected chi connectivity index (χ0v) is 19.7. The number of aryl methyl sites for hydroxylation is 1. The molecule has 4 nitrogen and oxygen atoms in total. The van der Waals surface area contributed by atoms with Crippen LogP contribution in [0.2, 0.25) is 10.0 Å². The second-order valence-electron chi connectivity index (χ2n) is 9.05. The highest BCUT2D eigenvalue weighted by atomic mass is 35.5. The molecule has 0 aliphatic carbocycles. The number of hydrogen-bond acceptors (Lipinski definition) is 3. The SMILES string of the molecule is Cc1cc(N2CCC(N3CCCCC3)CC2)cc2c1cnn2Cc1ccc(Cl)cc1Cl. The van der Waals surface area contributed by atoms with Crippen molar-refractivity contribution in [2.24, 2.45) is 0 Å².